The van der Waals surface area contributed by atoms with Crippen molar-refractivity contribution < 1.29 is 14.0 Å². The van der Waals surface area contributed by atoms with Crippen molar-refractivity contribution in [2.24, 2.45) is 0 Å². The van der Waals surface area contributed by atoms with Crippen molar-refractivity contribution in [2.75, 3.05) is 6.54 Å². The lowest BCUT2D eigenvalue weighted by atomic mass is 10.2. The number of hydrogen-bond donors (Lipinski definition) is 1. The Morgan fingerprint density at radius 1 is 1.07 bits per heavy atom. The lowest BCUT2D eigenvalue weighted by Crippen LogP contribution is -2.35. The van der Waals surface area contributed by atoms with E-state index >= 15 is 0 Å². The Morgan fingerprint density at radius 3 is 2.70 bits per heavy atom. The highest BCUT2D eigenvalue weighted by molar-refractivity contribution is 5.92. The van der Waals surface area contributed by atoms with Gasteiger partial charge in [-0.15, -0.1) is 0 Å². The summed E-state index contributed by atoms with van der Waals surface area (Å²) >= 11 is 0. The topological polar surface area (TPSA) is 101 Å². The Bertz CT molecular complexity index is 854. The quantitative estimate of drug-likeness (QED) is 0.653. The minimum atomic E-state index is -0.308. The number of furan rings is 1. The molecule has 3 aromatic heterocycles. The fourth-order valence-electron chi connectivity index (χ4n) is 2.43. The highest BCUT2D eigenvalue weighted by Crippen LogP contribution is 2.09. The normalized spacial score (nSPS) is 10.4. The van der Waals surface area contributed by atoms with E-state index in [-0.39, 0.29) is 37.0 Å². The van der Waals surface area contributed by atoms with Gasteiger partial charge in [-0.1, -0.05) is 6.07 Å². The SMILES string of the molecule is O=C(CCN(Cc1ccco1)C(=O)c1cnccn1)NCc1ccccn1. The molecule has 8 nitrogen and oxygen atoms in total. The number of pyridine rings is 1. The standard InChI is InChI=1S/C19H19N5O3/c25-18(23-12-15-4-1-2-7-21-15)6-10-24(14-16-5-3-11-27-16)19(26)17-13-20-8-9-22-17/h1-5,7-9,11,13H,6,10,12,14H2,(H,23,25). The van der Waals surface area contributed by atoms with Crippen LogP contribution in [0.2, 0.25) is 0 Å². The van der Waals surface area contributed by atoms with Gasteiger partial charge < -0.3 is 14.6 Å². The first-order valence-electron chi connectivity index (χ1n) is 8.46. The van der Waals surface area contributed by atoms with Gasteiger partial charge in [0.2, 0.25) is 5.91 Å². The van der Waals surface area contributed by atoms with Crippen LogP contribution in [0.5, 0.6) is 0 Å². The monoisotopic (exact) mass is 365 g/mol. The maximum absolute atomic E-state index is 12.7. The number of aromatic nitrogens is 3. The molecule has 0 atom stereocenters. The molecule has 138 valence electrons. The number of nitrogens with zero attached hydrogens (tertiary/aromatic N) is 4. The molecular formula is C19H19N5O3. The fraction of sp³-hybridized carbons (Fsp3) is 0.211. The van der Waals surface area contributed by atoms with Crippen molar-refractivity contribution in [1.29, 1.82) is 0 Å². The summed E-state index contributed by atoms with van der Waals surface area (Å²) in [5.74, 6) is 0.148. The molecule has 3 heterocycles. The second-order valence-electron chi connectivity index (χ2n) is 5.74. The molecule has 0 radical (unpaired) electrons. The van der Waals surface area contributed by atoms with Crippen LogP contribution in [-0.4, -0.2) is 38.2 Å². The van der Waals surface area contributed by atoms with Crippen LogP contribution in [-0.2, 0) is 17.9 Å². The van der Waals surface area contributed by atoms with Gasteiger partial charge >= 0.3 is 0 Å². The van der Waals surface area contributed by atoms with E-state index in [1.165, 1.54) is 23.5 Å². The lowest BCUT2D eigenvalue weighted by molar-refractivity contribution is -0.121. The van der Waals surface area contributed by atoms with Crippen LogP contribution in [0.1, 0.15) is 28.4 Å². The summed E-state index contributed by atoms with van der Waals surface area (Å²) in [6.07, 6.45) is 7.72. The molecule has 0 aliphatic rings. The summed E-state index contributed by atoms with van der Waals surface area (Å²) in [7, 11) is 0. The van der Waals surface area contributed by atoms with Gasteiger partial charge in [-0.05, 0) is 24.3 Å². The molecule has 27 heavy (non-hydrogen) atoms. The number of carbonyl (C=O) groups is 2. The van der Waals surface area contributed by atoms with Gasteiger partial charge in [0, 0.05) is 31.6 Å². The molecule has 0 aliphatic heterocycles. The molecule has 0 saturated carbocycles. The van der Waals surface area contributed by atoms with Gasteiger partial charge in [-0.2, -0.15) is 0 Å². The first kappa shape index (κ1) is 18.2. The van der Waals surface area contributed by atoms with Crippen LogP contribution < -0.4 is 5.32 Å². The Kier molecular flexibility index (Phi) is 6.24. The lowest BCUT2D eigenvalue weighted by Gasteiger charge is -2.21. The Morgan fingerprint density at radius 2 is 2.00 bits per heavy atom. The zero-order valence-electron chi connectivity index (χ0n) is 14.6. The zero-order chi connectivity index (χ0) is 18.9. The Labute approximate surface area is 156 Å². The Balaban J connectivity index is 1.59. The number of amides is 2. The molecule has 2 amide bonds. The van der Waals surface area contributed by atoms with Crippen LogP contribution >= 0.6 is 0 Å². The summed E-state index contributed by atoms with van der Waals surface area (Å²) < 4.78 is 5.32. The molecule has 3 aromatic rings. The predicted molar refractivity (Wildman–Crippen MR) is 96.2 cm³/mol. The van der Waals surface area contributed by atoms with E-state index in [9.17, 15) is 9.59 Å². The van der Waals surface area contributed by atoms with Gasteiger partial charge in [0.25, 0.3) is 5.91 Å². The predicted octanol–water partition coefficient (Wildman–Crippen LogP) is 1.81. The van der Waals surface area contributed by atoms with Crippen molar-refractivity contribution in [3.05, 3.63) is 78.5 Å². The average Bonchev–Trinajstić information content (AvgIpc) is 3.23. The smallest absolute Gasteiger partial charge is 0.274 e. The third-order valence-electron chi connectivity index (χ3n) is 3.80. The molecule has 3 rings (SSSR count). The van der Waals surface area contributed by atoms with Gasteiger partial charge in [-0.25, -0.2) is 4.98 Å². The van der Waals surface area contributed by atoms with E-state index in [1.807, 2.05) is 18.2 Å². The van der Waals surface area contributed by atoms with E-state index in [2.05, 4.69) is 20.3 Å². The third kappa shape index (κ3) is 5.46. The third-order valence-corrected chi connectivity index (χ3v) is 3.80. The van der Waals surface area contributed by atoms with Crippen LogP contribution in [0.4, 0.5) is 0 Å². The molecule has 0 aliphatic carbocycles. The maximum atomic E-state index is 12.7. The van der Waals surface area contributed by atoms with E-state index in [0.29, 0.717) is 12.3 Å². The molecule has 0 saturated heterocycles. The van der Waals surface area contributed by atoms with Gasteiger partial charge in [0.05, 0.1) is 31.2 Å². The number of nitrogens with one attached hydrogen (secondary N) is 1. The molecule has 0 fully saturated rings. The van der Waals surface area contributed by atoms with E-state index < -0.39 is 0 Å². The summed E-state index contributed by atoms with van der Waals surface area (Å²) in [5, 5.41) is 2.80. The second kappa shape index (κ2) is 9.23. The highest BCUT2D eigenvalue weighted by atomic mass is 16.3. The second-order valence-corrected chi connectivity index (χ2v) is 5.74. The van der Waals surface area contributed by atoms with E-state index in [0.717, 1.165) is 5.69 Å². The fourth-order valence-corrected chi connectivity index (χ4v) is 2.43. The van der Waals surface area contributed by atoms with E-state index in [4.69, 9.17) is 4.42 Å². The number of rotatable bonds is 8. The van der Waals surface area contributed by atoms with Crippen LogP contribution in [0.15, 0.2) is 65.8 Å². The molecule has 8 heteroatoms. The summed E-state index contributed by atoms with van der Waals surface area (Å²) in [6, 6.07) is 9.04. The van der Waals surface area contributed by atoms with Crippen molar-refractivity contribution in [2.45, 2.75) is 19.5 Å². The summed E-state index contributed by atoms with van der Waals surface area (Å²) in [4.78, 5) is 38.5. The highest BCUT2D eigenvalue weighted by Gasteiger charge is 2.19. The largest absolute Gasteiger partial charge is 0.467 e. The molecule has 0 aromatic carbocycles. The first-order valence-corrected chi connectivity index (χ1v) is 8.46. The van der Waals surface area contributed by atoms with Gasteiger partial charge in [0.1, 0.15) is 11.5 Å². The van der Waals surface area contributed by atoms with E-state index in [1.54, 1.807) is 24.6 Å². The minimum Gasteiger partial charge on any atom is -0.467 e. The van der Waals surface area contributed by atoms with Crippen molar-refractivity contribution in [3.63, 3.8) is 0 Å². The molecule has 0 spiro atoms. The van der Waals surface area contributed by atoms with Crippen LogP contribution in [0, 0.1) is 0 Å². The zero-order valence-corrected chi connectivity index (χ0v) is 14.6. The summed E-state index contributed by atoms with van der Waals surface area (Å²) in [6.45, 7) is 0.816. The Hall–Kier alpha value is -3.55. The number of carbonyl (C=O) groups excluding carboxylic acids is 2. The first-order chi connectivity index (χ1) is 13.2. The van der Waals surface area contributed by atoms with Crippen molar-refractivity contribution in [1.82, 2.24) is 25.2 Å². The summed E-state index contributed by atoms with van der Waals surface area (Å²) in [5.41, 5.74) is 0.992. The van der Waals surface area contributed by atoms with Gasteiger partial charge in [0.15, 0.2) is 0 Å². The van der Waals surface area contributed by atoms with Gasteiger partial charge in [-0.3, -0.25) is 19.6 Å². The van der Waals surface area contributed by atoms with Crippen LogP contribution in [0.3, 0.4) is 0 Å². The minimum absolute atomic E-state index is 0.152. The number of hydrogen-bond acceptors (Lipinski definition) is 6. The molecule has 1 N–H and O–H groups in total. The maximum Gasteiger partial charge on any atom is 0.274 e. The van der Waals surface area contributed by atoms with Crippen molar-refractivity contribution in [3.8, 4) is 0 Å². The average molecular weight is 365 g/mol. The molecule has 0 unspecified atom stereocenters. The molecule has 0 bridgehead atoms. The van der Waals surface area contributed by atoms with Crippen molar-refractivity contribution >= 4 is 11.8 Å². The van der Waals surface area contributed by atoms with Crippen LogP contribution in [0.25, 0.3) is 0 Å². The molecular weight excluding hydrogens is 346 g/mol.